The van der Waals surface area contributed by atoms with E-state index in [9.17, 15) is 4.79 Å². The summed E-state index contributed by atoms with van der Waals surface area (Å²) >= 11 is 0. The molecule has 0 fully saturated rings. The van der Waals surface area contributed by atoms with Gasteiger partial charge in [0.05, 0.1) is 0 Å². The summed E-state index contributed by atoms with van der Waals surface area (Å²) in [4.78, 5) is 18.6. The fourth-order valence-corrected chi connectivity index (χ4v) is 0.753. The molecule has 5 nitrogen and oxygen atoms in total. The van der Waals surface area contributed by atoms with Crippen LogP contribution in [0.1, 0.15) is 23.2 Å². The van der Waals surface area contributed by atoms with E-state index in [-0.39, 0.29) is 5.69 Å². The molecule has 0 aromatic carbocycles. The first-order valence-electron chi connectivity index (χ1n) is 3.54. The van der Waals surface area contributed by atoms with Gasteiger partial charge in [0.1, 0.15) is 11.5 Å². The van der Waals surface area contributed by atoms with Gasteiger partial charge in [0.15, 0.2) is 0 Å². The molecule has 1 heterocycles. The van der Waals surface area contributed by atoms with Crippen LogP contribution in [-0.2, 0) is 6.42 Å². The number of hydroxylamine groups is 1. The molecule has 2 N–H and O–H groups in total. The highest BCUT2D eigenvalue weighted by Gasteiger charge is 2.05. The highest BCUT2D eigenvalue weighted by molar-refractivity contribution is 5.91. The molecule has 0 aliphatic rings. The van der Waals surface area contributed by atoms with Crippen LogP contribution in [0.5, 0.6) is 0 Å². The summed E-state index contributed by atoms with van der Waals surface area (Å²) < 4.78 is 0. The van der Waals surface area contributed by atoms with Crippen molar-refractivity contribution in [1.29, 1.82) is 0 Å². The number of hydrogen-bond acceptors (Lipinski definition) is 4. The first-order valence-corrected chi connectivity index (χ1v) is 3.54. The van der Waals surface area contributed by atoms with Gasteiger partial charge in [0, 0.05) is 12.6 Å². The molecule has 0 saturated heterocycles. The van der Waals surface area contributed by atoms with Crippen LogP contribution in [0.3, 0.4) is 0 Å². The van der Waals surface area contributed by atoms with Gasteiger partial charge in [-0.05, 0) is 6.07 Å². The van der Waals surface area contributed by atoms with Crippen LogP contribution < -0.4 is 5.48 Å². The molecular weight excluding hydrogens is 158 g/mol. The van der Waals surface area contributed by atoms with Crippen molar-refractivity contribution in [1.82, 2.24) is 15.4 Å². The van der Waals surface area contributed by atoms with Gasteiger partial charge in [-0.1, -0.05) is 6.92 Å². The molecule has 0 atom stereocenters. The van der Waals surface area contributed by atoms with Crippen molar-refractivity contribution in [2.75, 3.05) is 0 Å². The van der Waals surface area contributed by atoms with Crippen LogP contribution in [-0.4, -0.2) is 21.1 Å². The number of nitrogens with zero attached hydrogens (tertiary/aromatic N) is 2. The van der Waals surface area contributed by atoms with Gasteiger partial charge < -0.3 is 0 Å². The Labute approximate surface area is 69.4 Å². The average Bonchev–Trinajstić information content (AvgIpc) is 2.17. The number of amides is 1. The van der Waals surface area contributed by atoms with E-state index < -0.39 is 5.91 Å². The second-order valence-electron chi connectivity index (χ2n) is 2.15. The topological polar surface area (TPSA) is 75.1 Å². The first-order chi connectivity index (χ1) is 5.77. The van der Waals surface area contributed by atoms with E-state index in [1.807, 2.05) is 6.92 Å². The van der Waals surface area contributed by atoms with Gasteiger partial charge in [-0.25, -0.2) is 15.4 Å². The molecule has 1 aromatic rings. The zero-order valence-electron chi connectivity index (χ0n) is 6.61. The minimum absolute atomic E-state index is 0.171. The minimum Gasteiger partial charge on any atom is -0.288 e. The van der Waals surface area contributed by atoms with Crippen molar-refractivity contribution in [2.45, 2.75) is 13.3 Å². The van der Waals surface area contributed by atoms with Crippen molar-refractivity contribution in [3.8, 4) is 0 Å². The summed E-state index contributed by atoms with van der Waals surface area (Å²) in [5.41, 5.74) is 1.67. The lowest BCUT2D eigenvalue weighted by molar-refractivity contribution is 0.0700. The predicted octanol–water partition coefficient (Wildman–Crippen LogP) is 0.158. The second kappa shape index (κ2) is 3.77. The van der Waals surface area contributed by atoms with E-state index in [1.54, 1.807) is 0 Å². The molecule has 64 valence electrons. The Balaban J connectivity index is 2.93. The Kier molecular flexibility index (Phi) is 2.71. The zero-order chi connectivity index (χ0) is 8.97. The lowest BCUT2D eigenvalue weighted by Gasteiger charge is -1.98. The van der Waals surface area contributed by atoms with Gasteiger partial charge in [-0.2, -0.15) is 0 Å². The summed E-state index contributed by atoms with van der Waals surface area (Å²) in [6, 6.07) is 1.44. The Morgan fingerprint density at radius 2 is 2.50 bits per heavy atom. The van der Waals surface area contributed by atoms with Gasteiger partial charge in [-0.3, -0.25) is 10.0 Å². The predicted molar refractivity (Wildman–Crippen MR) is 40.7 cm³/mol. The van der Waals surface area contributed by atoms with E-state index in [1.165, 1.54) is 17.7 Å². The van der Waals surface area contributed by atoms with Crippen molar-refractivity contribution >= 4 is 5.91 Å². The Hall–Kier alpha value is -1.49. The number of aryl methyl sites for hydroxylation is 1. The monoisotopic (exact) mass is 167 g/mol. The molecule has 0 bridgehead atoms. The van der Waals surface area contributed by atoms with Crippen molar-refractivity contribution < 1.29 is 10.0 Å². The highest BCUT2D eigenvalue weighted by Crippen LogP contribution is 1.95. The van der Waals surface area contributed by atoms with Crippen molar-refractivity contribution in [2.24, 2.45) is 0 Å². The molecular formula is C7H9N3O2. The smallest absolute Gasteiger partial charge is 0.288 e. The normalized spacial score (nSPS) is 9.50. The van der Waals surface area contributed by atoms with E-state index in [0.29, 0.717) is 12.2 Å². The van der Waals surface area contributed by atoms with Crippen LogP contribution in [0.4, 0.5) is 0 Å². The molecule has 1 amide bonds. The zero-order valence-corrected chi connectivity index (χ0v) is 6.61. The highest BCUT2D eigenvalue weighted by atomic mass is 16.5. The van der Waals surface area contributed by atoms with Gasteiger partial charge in [-0.15, -0.1) is 0 Å². The van der Waals surface area contributed by atoms with Crippen LogP contribution in [0.2, 0.25) is 0 Å². The summed E-state index contributed by atoms with van der Waals surface area (Å²) in [6.45, 7) is 1.88. The molecule has 0 saturated carbocycles. The minimum atomic E-state index is -0.618. The third-order valence-corrected chi connectivity index (χ3v) is 1.36. The van der Waals surface area contributed by atoms with Crippen LogP contribution in [0.15, 0.2) is 12.3 Å². The Morgan fingerprint density at radius 3 is 3.08 bits per heavy atom. The standard InChI is InChI=1S/C7H9N3O2/c1-2-6-8-4-3-5(9-6)7(11)10-12/h3-4,12H,2H2,1H3,(H,10,11). The maximum atomic E-state index is 10.8. The van der Waals surface area contributed by atoms with E-state index in [2.05, 4.69) is 9.97 Å². The Bertz CT molecular complexity index is 288. The van der Waals surface area contributed by atoms with E-state index in [4.69, 9.17) is 5.21 Å². The van der Waals surface area contributed by atoms with Crippen LogP contribution in [0.25, 0.3) is 0 Å². The average molecular weight is 167 g/mol. The van der Waals surface area contributed by atoms with E-state index >= 15 is 0 Å². The third-order valence-electron chi connectivity index (χ3n) is 1.36. The molecule has 0 spiro atoms. The lowest BCUT2D eigenvalue weighted by atomic mass is 10.3. The molecule has 12 heavy (non-hydrogen) atoms. The molecule has 0 aliphatic heterocycles. The summed E-state index contributed by atoms with van der Waals surface area (Å²) in [5.74, 6) is -0.0387. The molecule has 1 rings (SSSR count). The van der Waals surface area contributed by atoms with Crippen LogP contribution in [0, 0.1) is 0 Å². The number of rotatable bonds is 2. The fourth-order valence-electron chi connectivity index (χ4n) is 0.753. The fraction of sp³-hybridized carbons (Fsp3) is 0.286. The van der Waals surface area contributed by atoms with Crippen LogP contribution >= 0.6 is 0 Å². The number of aromatic nitrogens is 2. The second-order valence-corrected chi connectivity index (χ2v) is 2.15. The largest absolute Gasteiger partial charge is 0.293 e. The summed E-state index contributed by atoms with van der Waals surface area (Å²) in [5, 5.41) is 8.29. The molecule has 5 heteroatoms. The molecule has 1 aromatic heterocycles. The van der Waals surface area contributed by atoms with Gasteiger partial charge >= 0.3 is 0 Å². The van der Waals surface area contributed by atoms with E-state index in [0.717, 1.165) is 0 Å². The number of hydrogen-bond donors (Lipinski definition) is 2. The maximum Gasteiger partial charge on any atom is 0.293 e. The lowest BCUT2D eigenvalue weighted by Crippen LogP contribution is -2.20. The molecule has 0 radical (unpaired) electrons. The Morgan fingerprint density at radius 1 is 1.75 bits per heavy atom. The van der Waals surface area contributed by atoms with Crippen molar-refractivity contribution in [3.63, 3.8) is 0 Å². The molecule has 0 aliphatic carbocycles. The number of nitrogens with one attached hydrogen (secondary N) is 1. The van der Waals surface area contributed by atoms with Crippen molar-refractivity contribution in [3.05, 3.63) is 23.8 Å². The van der Waals surface area contributed by atoms with Gasteiger partial charge in [0.2, 0.25) is 0 Å². The number of carbonyl (C=O) groups excluding carboxylic acids is 1. The quantitative estimate of drug-likeness (QED) is 0.486. The maximum absolute atomic E-state index is 10.8. The third kappa shape index (κ3) is 1.76. The summed E-state index contributed by atoms with van der Waals surface area (Å²) in [7, 11) is 0. The molecule has 0 unspecified atom stereocenters. The first kappa shape index (κ1) is 8.61. The van der Waals surface area contributed by atoms with Gasteiger partial charge in [0.25, 0.3) is 5.91 Å². The number of carbonyl (C=O) groups is 1. The summed E-state index contributed by atoms with van der Waals surface area (Å²) in [6.07, 6.45) is 2.14. The SMILES string of the molecule is CCc1nccc(C(=O)NO)n1.